The quantitative estimate of drug-likeness (QED) is 0.750. The van der Waals surface area contributed by atoms with Crippen LogP contribution in [0.2, 0.25) is 0 Å². The van der Waals surface area contributed by atoms with Gasteiger partial charge in [-0.25, -0.2) is 0 Å². The van der Waals surface area contributed by atoms with E-state index in [9.17, 15) is 0 Å². The zero-order valence-electron chi connectivity index (χ0n) is 10.1. The van der Waals surface area contributed by atoms with E-state index in [4.69, 9.17) is 10.5 Å². The number of nitrogens with one attached hydrogen (secondary N) is 1. The molecule has 0 bridgehead atoms. The summed E-state index contributed by atoms with van der Waals surface area (Å²) in [5.41, 5.74) is 6.51. The molecule has 0 atom stereocenters. The molecular formula is C12H20N4O. The lowest BCUT2D eigenvalue weighted by Gasteiger charge is -2.21. The Balaban J connectivity index is 1.88. The molecule has 0 aliphatic carbocycles. The van der Waals surface area contributed by atoms with Crippen molar-refractivity contribution in [1.82, 2.24) is 10.2 Å². The van der Waals surface area contributed by atoms with E-state index in [2.05, 4.69) is 21.6 Å². The molecule has 2 heterocycles. The summed E-state index contributed by atoms with van der Waals surface area (Å²) in [6.07, 6.45) is 3.05. The highest BCUT2D eigenvalue weighted by Gasteiger charge is 2.17. The molecule has 0 saturated carbocycles. The van der Waals surface area contributed by atoms with Crippen LogP contribution in [0.1, 0.15) is 30.9 Å². The maximum atomic E-state index is 5.43. The van der Waals surface area contributed by atoms with Gasteiger partial charge in [0.15, 0.2) is 0 Å². The summed E-state index contributed by atoms with van der Waals surface area (Å²) in [6.45, 7) is 3.22. The van der Waals surface area contributed by atoms with Crippen molar-refractivity contribution >= 4 is 5.82 Å². The molecule has 1 saturated heterocycles. The molecule has 0 aromatic carbocycles. The van der Waals surface area contributed by atoms with Crippen LogP contribution in [-0.2, 0) is 4.74 Å². The summed E-state index contributed by atoms with van der Waals surface area (Å²) in [5, 5.41) is 11.7. The standard InChI is InChI=1S/C12H20N4O/c13-6-1-7-14-12-3-2-11(15-16-12)10-4-8-17-9-5-10/h2-3,10H,1,4-9,13H2,(H,14,16). The summed E-state index contributed by atoms with van der Waals surface area (Å²) in [4.78, 5) is 0. The summed E-state index contributed by atoms with van der Waals surface area (Å²) in [7, 11) is 0. The average molecular weight is 236 g/mol. The molecule has 94 valence electrons. The van der Waals surface area contributed by atoms with Crippen molar-refractivity contribution in [2.24, 2.45) is 5.73 Å². The van der Waals surface area contributed by atoms with Gasteiger partial charge in [-0.05, 0) is 37.9 Å². The van der Waals surface area contributed by atoms with E-state index < -0.39 is 0 Å². The SMILES string of the molecule is NCCCNc1ccc(C2CCOCC2)nn1. The molecule has 0 amide bonds. The maximum absolute atomic E-state index is 5.43. The molecule has 1 aromatic heterocycles. The number of hydrogen-bond donors (Lipinski definition) is 2. The zero-order valence-corrected chi connectivity index (χ0v) is 10.1. The molecule has 1 aliphatic heterocycles. The van der Waals surface area contributed by atoms with E-state index in [1.807, 2.05) is 6.07 Å². The van der Waals surface area contributed by atoms with Crippen LogP contribution < -0.4 is 11.1 Å². The van der Waals surface area contributed by atoms with Crippen LogP contribution in [0.25, 0.3) is 0 Å². The number of anilines is 1. The third-order valence-corrected chi connectivity index (χ3v) is 3.01. The lowest BCUT2D eigenvalue weighted by atomic mass is 9.96. The Bertz CT molecular complexity index is 322. The second-order valence-corrected chi connectivity index (χ2v) is 4.30. The third kappa shape index (κ3) is 3.64. The van der Waals surface area contributed by atoms with Gasteiger partial charge in [0.1, 0.15) is 5.82 Å². The van der Waals surface area contributed by atoms with E-state index in [1.54, 1.807) is 0 Å². The van der Waals surface area contributed by atoms with Crippen LogP contribution in [0.15, 0.2) is 12.1 Å². The highest BCUT2D eigenvalue weighted by atomic mass is 16.5. The Morgan fingerprint density at radius 1 is 1.29 bits per heavy atom. The monoisotopic (exact) mass is 236 g/mol. The van der Waals surface area contributed by atoms with E-state index in [0.717, 1.165) is 50.5 Å². The highest BCUT2D eigenvalue weighted by molar-refractivity contribution is 5.33. The lowest BCUT2D eigenvalue weighted by molar-refractivity contribution is 0.0843. The Morgan fingerprint density at radius 2 is 2.12 bits per heavy atom. The van der Waals surface area contributed by atoms with Crippen molar-refractivity contribution in [2.45, 2.75) is 25.2 Å². The van der Waals surface area contributed by atoms with Crippen LogP contribution >= 0.6 is 0 Å². The fourth-order valence-electron chi connectivity index (χ4n) is 1.97. The number of nitrogens with two attached hydrogens (primary N) is 1. The number of ether oxygens (including phenoxy) is 1. The van der Waals surface area contributed by atoms with Gasteiger partial charge in [-0.1, -0.05) is 0 Å². The summed E-state index contributed by atoms with van der Waals surface area (Å²) in [5.74, 6) is 1.34. The average Bonchev–Trinajstić information content (AvgIpc) is 2.41. The second kappa shape index (κ2) is 6.51. The van der Waals surface area contributed by atoms with Crippen molar-refractivity contribution in [3.05, 3.63) is 17.8 Å². The number of aromatic nitrogens is 2. The van der Waals surface area contributed by atoms with Crippen LogP contribution in [0.5, 0.6) is 0 Å². The first-order chi connectivity index (χ1) is 8.40. The Kier molecular flexibility index (Phi) is 4.70. The van der Waals surface area contributed by atoms with E-state index in [-0.39, 0.29) is 0 Å². The number of rotatable bonds is 5. The maximum Gasteiger partial charge on any atom is 0.148 e. The molecule has 5 heteroatoms. The highest BCUT2D eigenvalue weighted by Crippen LogP contribution is 2.24. The minimum absolute atomic E-state index is 0.509. The molecule has 17 heavy (non-hydrogen) atoms. The molecule has 1 aliphatic rings. The van der Waals surface area contributed by atoms with E-state index in [0.29, 0.717) is 12.5 Å². The topological polar surface area (TPSA) is 73.1 Å². The van der Waals surface area contributed by atoms with Gasteiger partial charge in [-0.2, -0.15) is 5.10 Å². The lowest BCUT2D eigenvalue weighted by Crippen LogP contribution is -2.16. The second-order valence-electron chi connectivity index (χ2n) is 4.30. The summed E-state index contributed by atoms with van der Waals surface area (Å²) >= 11 is 0. The number of nitrogens with zero attached hydrogens (tertiary/aromatic N) is 2. The molecule has 3 N–H and O–H groups in total. The first-order valence-electron chi connectivity index (χ1n) is 6.25. The Labute approximate surface area is 102 Å². The van der Waals surface area contributed by atoms with Crippen LogP contribution in [0.3, 0.4) is 0 Å². The van der Waals surface area contributed by atoms with E-state index >= 15 is 0 Å². The molecule has 1 aromatic rings. The largest absolute Gasteiger partial charge is 0.381 e. The van der Waals surface area contributed by atoms with Gasteiger partial charge in [0.2, 0.25) is 0 Å². The smallest absolute Gasteiger partial charge is 0.148 e. The van der Waals surface area contributed by atoms with Crippen LogP contribution in [0.4, 0.5) is 5.82 Å². The van der Waals surface area contributed by atoms with Gasteiger partial charge in [-0.3, -0.25) is 0 Å². The fourth-order valence-corrected chi connectivity index (χ4v) is 1.97. The minimum Gasteiger partial charge on any atom is -0.381 e. The Hall–Kier alpha value is -1.20. The van der Waals surface area contributed by atoms with Crippen molar-refractivity contribution in [3.63, 3.8) is 0 Å². The molecular weight excluding hydrogens is 216 g/mol. The van der Waals surface area contributed by atoms with Gasteiger partial charge in [0, 0.05) is 25.7 Å². The van der Waals surface area contributed by atoms with Crippen LogP contribution in [-0.4, -0.2) is 36.5 Å². The van der Waals surface area contributed by atoms with Gasteiger partial charge in [-0.15, -0.1) is 5.10 Å². The summed E-state index contributed by atoms with van der Waals surface area (Å²) in [6, 6.07) is 4.06. The van der Waals surface area contributed by atoms with Crippen molar-refractivity contribution in [2.75, 3.05) is 31.6 Å². The fraction of sp³-hybridized carbons (Fsp3) is 0.667. The predicted octanol–water partition coefficient (Wildman–Crippen LogP) is 1.13. The first-order valence-corrected chi connectivity index (χ1v) is 6.25. The molecule has 2 rings (SSSR count). The van der Waals surface area contributed by atoms with Gasteiger partial charge >= 0.3 is 0 Å². The van der Waals surface area contributed by atoms with Crippen LogP contribution in [0, 0.1) is 0 Å². The van der Waals surface area contributed by atoms with Gasteiger partial charge in [0.05, 0.1) is 5.69 Å². The first kappa shape index (κ1) is 12.3. The predicted molar refractivity (Wildman–Crippen MR) is 67.0 cm³/mol. The van der Waals surface area contributed by atoms with Gasteiger partial charge < -0.3 is 15.8 Å². The van der Waals surface area contributed by atoms with Crippen molar-refractivity contribution in [3.8, 4) is 0 Å². The molecule has 0 spiro atoms. The summed E-state index contributed by atoms with van der Waals surface area (Å²) < 4.78 is 5.34. The van der Waals surface area contributed by atoms with Crippen molar-refractivity contribution < 1.29 is 4.74 Å². The molecule has 5 nitrogen and oxygen atoms in total. The van der Waals surface area contributed by atoms with E-state index in [1.165, 1.54) is 0 Å². The Morgan fingerprint density at radius 3 is 2.76 bits per heavy atom. The zero-order chi connectivity index (χ0) is 11.9. The molecule has 0 radical (unpaired) electrons. The third-order valence-electron chi connectivity index (χ3n) is 3.01. The molecule has 0 unspecified atom stereocenters. The van der Waals surface area contributed by atoms with Gasteiger partial charge in [0.25, 0.3) is 0 Å². The van der Waals surface area contributed by atoms with Crippen molar-refractivity contribution in [1.29, 1.82) is 0 Å². The number of hydrogen-bond acceptors (Lipinski definition) is 5. The molecule has 1 fully saturated rings. The minimum atomic E-state index is 0.509. The normalized spacial score (nSPS) is 17.0.